The molecular formula is C22H28N10O9P2S2. The molecule has 4 aliphatic heterocycles. The van der Waals surface area contributed by atoms with E-state index >= 15 is 0 Å². The number of nitrogens with zero attached hydrogens (tertiary/aromatic N) is 7. The van der Waals surface area contributed by atoms with Gasteiger partial charge in [-0.15, -0.1) is 5.11 Å². The van der Waals surface area contributed by atoms with Crippen molar-refractivity contribution in [3.63, 3.8) is 0 Å². The SMILES string of the molecule is C=[P@]1(S)OC[C@H]2O[C@@H](C3N=Nc4c3nc(N)[nH]c4=O)[C@H](O[P@@](=C)(S)OC[C@@H]3O[C@H](n4cnc5c(N)ncnc54)[C@H](O)[C@H]3O1)[C@@H]2O. The number of aromatic amines is 1. The number of hydrogen-bond acceptors (Lipinski definition) is 19. The van der Waals surface area contributed by atoms with Crippen LogP contribution in [0.5, 0.6) is 0 Å². The summed E-state index contributed by atoms with van der Waals surface area (Å²) in [5.74, 6) is 0.0142. The van der Waals surface area contributed by atoms with E-state index in [0.717, 1.165) is 0 Å². The van der Waals surface area contributed by atoms with Gasteiger partial charge in [-0.3, -0.25) is 14.3 Å². The Morgan fingerprint density at radius 3 is 2.44 bits per heavy atom. The predicted octanol–water partition coefficient (Wildman–Crippen LogP) is 0.365. The molecule has 0 aromatic carbocycles. The van der Waals surface area contributed by atoms with E-state index in [9.17, 15) is 15.0 Å². The summed E-state index contributed by atoms with van der Waals surface area (Å²) in [6.45, 7) is -7.06. The zero-order chi connectivity index (χ0) is 31.8. The summed E-state index contributed by atoms with van der Waals surface area (Å²) in [4.78, 5) is 31.4. The lowest BCUT2D eigenvalue weighted by Gasteiger charge is -2.30. The van der Waals surface area contributed by atoms with E-state index in [-0.39, 0.29) is 36.4 Å². The number of H-pyrrole nitrogens is 1. The van der Waals surface area contributed by atoms with Crippen LogP contribution in [0.1, 0.15) is 18.0 Å². The minimum atomic E-state index is -3.31. The monoisotopic (exact) mass is 702 g/mol. The lowest BCUT2D eigenvalue weighted by Crippen LogP contribution is -2.37. The molecule has 11 atom stereocenters. The Labute approximate surface area is 264 Å². The van der Waals surface area contributed by atoms with Gasteiger partial charge in [0.1, 0.15) is 66.3 Å². The minimum Gasteiger partial charge on any atom is -0.387 e. The lowest BCUT2D eigenvalue weighted by molar-refractivity contribution is -0.0490. The average Bonchev–Trinajstić information content (AvgIpc) is 3.72. The van der Waals surface area contributed by atoms with Gasteiger partial charge < -0.3 is 49.2 Å². The van der Waals surface area contributed by atoms with Crippen LogP contribution in [0.3, 0.4) is 0 Å². The zero-order valence-electron chi connectivity index (χ0n) is 23.0. The van der Waals surface area contributed by atoms with E-state index in [1.807, 2.05) is 0 Å². The number of nitrogen functional groups attached to an aromatic ring is 2. The maximum Gasteiger partial charge on any atom is 0.280 e. The average molecular weight is 703 g/mol. The molecule has 0 saturated carbocycles. The standard InChI is InChI=1S/C22H28N10O9P2S2/c1-42(44)36-3-7-13(33)17(16(38-7)10-9-11(31-30-10)20(35)29-22(24)28-9)41-43(2,45)37-4-8-15(40-42)14(34)21(39-8)32-6-27-12-18(23)25-5-26-19(12)32/h5-8,10,13-17,21,33-34,44-45H,1-4H2,(H2,23,25,26)(H3,24,28,29,35)/t7-,8+,10?,13-,14-,15+,16+,17-,21+,42+,43+/m1/s1. The zero-order valence-corrected chi connectivity index (χ0v) is 26.6. The number of ether oxygens (including phenoxy) is 2. The van der Waals surface area contributed by atoms with Gasteiger partial charge in [0.25, 0.3) is 5.56 Å². The summed E-state index contributed by atoms with van der Waals surface area (Å²) in [7, 11) is 0. The molecule has 7 rings (SSSR count). The number of rotatable bonds is 2. The molecule has 2 bridgehead atoms. The van der Waals surface area contributed by atoms with Crippen molar-refractivity contribution < 1.29 is 37.8 Å². The van der Waals surface area contributed by atoms with Crippen molar-refractivity contribution in [1.29, 1.82) is 0 Å². The number of thiol groups is 2. The van der Waals surface area contributed by atoms with Gasteiger partial charge in [-0.05, 0) is 12.6 Å². The molecule has 0 radical (unpaired) electrons. The van der Waals surface area contributed by atoms with Crippen molar-refractivity contribution in [2.75, 3.05) is 24.7 Å². The lowest BCUT2D eigenvalue weighted by atomic mass is 10.0. The molecule has 45 heavy (non-hydrogen) atoms. The van der Waals surface area contributed by atoms with Gasteiger partial charge in [0.15, 0.2) is 36.5 Å². The molecule has 3 aromatic rings. The first kappa shape index (κ1) is 31.2. The van der Waals surface area contributed by atoms with Crippen molar-refractivity contribution in [3.8, 4) is 0 Å². The van der Waals surface area contributed by atoms with Gasteiger partial charge in [0, 0.05) is 0 Å². The Balaban J connectivity index is 1.19. The third-order valence-corrected chi connectivity index (χ3v) is 11.1. The number of fused-ring (bicyclic) bond motifs is 5. The summed E-state index contributed by atoms with van der Waals surface area (Å²) >= 11 is 9.11. The van der Waals surface area contributed by atoms with Crippen LogP contribution >= 0.6 is 37.6 Å². The van der Waals surface area contributed by atoms with Crippen LogP contribution < -0.4 is 17.0 Å². The van der Waals surface area contributed by atoms with Crippen LogP contribution in [0.2, 0.25) is 0 Å². The first-order valence-electron chi connectivity index (χ1n) is 13.3. The van der Waals surface area contributed by atoms with E-state index in [4.69, 9.17) is 39.0 Å². The van der Waals surface area contributed by atoms with E-state index in [1.165, 1.54) is 17.2 Å². The smallest absolute Gasteiger partial charge is 0.280 e. The number of azo groups is 1. The maximum absolute atomic E-state index is 12.4. The molecule has 3 aromatic heterocycles. The number of aliphatic hydroxyl groups is 2. The van der Waals surface area contributed by atoms with Gasteiger partial charge in [-0.1, -0.05) is 24.5 Å². The third-order valence-electron chi connectivity index (χ3n) is 7.61. The van der Waals surface area contributed by atoms with E-state index in [2.05, 4.69) is 72.2 Å². The fraction of sp³-hybridized carbons (Fsp3) is 0.500. The van der Waals surface area contributed by atoms with Gasteiger partial charge >= 0.3 is 0 Å². The molecular weight excluding hydrogens is 674 g/mol. The van der Waals surface area contributed by atoms with Gasteiger partial charge in [-0.25, -0.2) is 19.9 Å². The highest BCUT2D eigenvalue weighted by Crippen LogP contribution is 2.59. The fourth-order valence-electron chi connectivity index (χ4n) is 5.57. The largest absolute Gasteiger partial charge is 0.387 e. The molecule has 0 aliphatic carbocycles. The van der Waals surface area contributed by atoms with Crippen LogP contribution in [0.4, 0.5) is 17.5 Å². The second kappa shape index (κ2) is 11.4. The van der Waals surface area contributed by atoms with Crippen molar-refractivity contribution >= 4 is 78.8 Å². The molecule has 19 nitrogen and oxygen atoms in total. The van der Waals surface area contributed by atoms with Crippen LogP contribution in [0, 0.1) is 0 Å². The number of hydrogen-bond donors (Lipinski definition) is 7. The molecule has 0 spiro atoms. The topological polar surface area (TPSA) is 262 Å². The van der Waals surface area contributed by atoms with Crippen molar-refractivity contribution in [2.45, 2.75) is 55.0 Å². The number of aromatic nitrogens is 6. The summed E-state index contributed by atoms with van der Waals surface area (Å²) in [6.07, 6.45) is 1.85. The van der Waals surface area contributed by atoms with Crippen LogP contribution in [-0.2, 0) is 27.6 Å². The predicted molar refractivity (Wildman–Crippen MR) is 169 cm³/mol. The highest BCUT2D eigenvalue weighted by molar-refractivity contribution is 8.48. The second-order valence-corrected chi connectivity index (χ2v) is 17.8. The number of imidazole rings is 1. The first-order chi connectivity index (χ1) is 21.3. The molecule has 1 unspecified atom stereocenters. The summed E-state index contributed by atoms with van der Waals surface area (Å²) in [5, 5.41) is 30.9. The molecule has 3 saturated heterocycles. The normalized spacial score (nSPS) is 40.0. The Bertz CT molecular complexity index is 1850. The molecule has 4 aliphatic rings. The maximum atomic E-state index is 12.4. The molecule has 0 amide bonds. The molecule has 7 N–H and O–H groups in total. The Morgan fingerprint density at radius 2 is 1.69 bits per heavy atom. The molecule has 242 valence electrons. The van der Waals surface area contributed by atoms with Crippen molar-refractivity contribution in [2.24, 2.45) is 10.2 Å². The van der Waals surface area contributed by atoms with Crippen molar-refractivity contribution in [3.05, 3.63) is 28.7 Å². The van der Waals surface area contributed by atoms with Crippen LogP contribution in [-0.4, -0.2) is 108 Å². The number of nitrogens with two attached hydrogens (primary N) is 2. The summed E-state index contributed by atoms with van der Waals surface area (Å²) < 4.78 is 38.2. The third kappa shape index (κ3) is 5.64. The van der Waals surface area contributed by atoms with Gasteiger partial charge in [0.05, 0.1) is 19.5 Å². The Morgan fingerprint density at radius 1 is 0.978 bits per heavy atom. The highest BCUT2D eigenvalue weighted by Gasteiger charge is 2.54. The summed E-state index contributed by atoms with van der Waals surface area (Å²) in [6, 6.07) is -0.969. The molecule has 7 heterocycles. The molecule has 23 heteroatoms. The van der Waals surface area contributed by atoms with Crippen LogP contribution in [0.25, 0.3) is 11.2 Å². The number of aliphatic hydroxyl groups excluding tert-OH is 2. The Hall–Kier alpha value is -2.39. The van der Waals surface area contributed by atoms with Gasteiger partial charge in [0.2, 0.25) is 5.95 Å². The van der Waals surface area contributed by atoms with E-state index < -0.39 is 73.6 Å². The minimum absolute atomic E-state index is 0.0400. The number of nitrogens with one attached hydrogen (secondary N) is 1. The van der Waals surface area contributed by atoms with Gasteiger partial charge in [-0.2, -0.15) is 5.11 Å². The highest BCUT2D eigenvalue weighted by atomic mass is 32.7. The number of anilines is 2. The first-order valence-corrected chi connectivity index (χ1v) is 19.2. The fourth-order valence-corrected chi connectivity index (χ4v) is 8.77. The van der Waals surface area contributed by atoms with E-state index in [0.29, 0.717) is 11.2 Å². The Kier molecular flexibility index (Phi) is 7.90. The second-order valence-electron chi connectivity index (χ2n) is 10.6. The summed E-state index contributed by atoms with van der Waals surface area (Å²) in [5.41, 5.74) is 11.9. The quantitative estimate of drug-likeness (QED) is 0.141. The van der Waals surface area contributed by atoms with Crippen molar-refractivity contribution in [1.82, 2.24) is 29.5 Å². The van der Waals surface area contributed by atoms with Crippen LogP contribution in [0.15, 0.2) is 27.7 Å². The molecule has 3 fully saturated rings. The van der Waals surface area contributed by atoms with E-state index in [1.54, 1.807) is 0 Å².